The van der Waals surface area contributed by atoms with Crippen molar-refractivity contribution in [3.63, 3.8) is 0 Å². The van der Waals surface area contributed by atoms with Crippen LogP contribution in [0.2, 0.25) is 0 Å². The monoisotopic (exact) mass is 316 g/mol. The first-order valence-electron chi connectivity index (χ1n) is 5.40. The molecule has 0 spiro atoms. The molecule has 2 rings (SSSR count). The molecule has 3 nitrogen and oxygen atoms in total. The maximum Gasteiger partial charge on any atom is 0.336 e. The molecular weight excluding hydrogens is 304 g/mol. The van der Waals surface area contributed by atoms with Crippen LogP contribution in [0.15, 0.2) is 27.6 Å². The predicted octanol–water partition coefficient (Wildman–Crippen LogP) is 3.28. The number of halogens is 1. The Hall–Kier alpha value is -0.520. The molecule has 1 atom stereocenters. The van der Waals surface area contributed by atoms with E-state index in [1.165, 1.54) is 0 Å². The third-order valence-corrected chi connectivity index (χ3v) is 4.45. The van der Waals surface area contributed by atoms with E-state index in [1.54, 1.807) is 23.9 Å². The molecule has 1 N–H and O–H groups in total. The van der Waals surface area contributed by atoms with E-state index < -0.39 is 5.97 Å². The Kier molecular flexibility index (Phi) is 4.48. The van der Waals surface area contributed by atoms with E-state index in [-0.39, 0.29) is 0 Å². The largest absolute Gasteiger partial charge is 0.478 e. The molecule has 1 heterocycles. The number of benzene rings is 1. The van der Waals surface area contributed by atoms with Crippen LogP contribution < -0.4 is 0 Å². The fourth-order valence-corrected chi connectivity index (χ4v) is 3.43. The van der Waals surface area contributed by atoms with E-state index in [4.69, 9.17) is 9.84 Å². The van der Waals surface area contributed by atoms with Crippen LogP contribution in [0.25, 0.3) is 0 Å². The van der Waals surface area contributed by atoms with Crippen LogP contribution in [0.5, 0.6) is 0 Å². The summed E-state index contributed by atoms with van der Waals surface area (Å²) in [6.45, 7) is 1.62. The average Bonchev–Trinajstić information content (AvgIpc) is 2.78. The minimum absolute atomic E-state index is 0.372. The van der Waals surface area contributed by atoms with E-state index >= 15 is 0 Å². The molecule has 0 saturated carbocycles. The fourth-order valence-electron chi connectivity index (χ4n) is 1.71. The highest BCUT2D eigenvalue weighted by Crippen LogP contribution is 2.30. The number of ether oxygens (including phenoxy) is 1. The van der Waals surface area contributed by atoms with Gasteiger partial charge in [0.25, 0.3) is 0 Å². The summed E-state index contributed by atoms with van der Waals surface area (Å²) in [4.78, 5) is 11.9. The van der Waals surface area contributed by atoms with Crippen LogP contribution >= 0.6 is 27.7 Å². The molecule has 1 aromatic rings. The summed E-state index contributed by atoms with van der Waals surface area (Å²) >= 11 is 4.96. The van der Waals surface area contributed by atoms with E-state index in [9.17, 15) is 4.79 Å². The predicted molar refractivity (Wildman–Crippen MR) is 70.8 cm³/mol. The summed E-state index contributed by atoms with van der Waals surface area (Å²) in [6, 6.07) is 5.26. The molecule has 0 radical (unpaired) electrons. The number of thioether (sulfide) groups is 1. The van der Waals surface area contributed by atoms with Gasteiger partial charge in [0.05, 0.1) is 12.2 Å². The van der Waals surface area contributed by atoms with E-state index in [2.05, 4.69) is 15.9 Å². The SMILES string of the molecule is O=C(O)c1ccc(Br)cc1SCC1CCOC1. The van der Waals surface area contributed by atoms with Crippen molar-refractivity contribution < 1.29 is 14.6 Å². The summed E-state index contributed by atoms with van der Waals surface area (Å²) in [5, 5.41) is 9.10. The van der Waals surface area contributed by atoms with Crippen molar-refractivity contribution in [1.82, 2.24) is 0 Å². The summed E-state index contributed by atoms with van der Waals surface area (Å²) in [7, 11) is 0. The van der Waals surface area contributed by atoms with Crippen molar-refractivity contribution in [3.05, 3.63) is 28.2 Å². The molecule has 0 aromatic heterocycles. The first-order valence-corrected chi connectivity index (χ1v) is 7.18. The average molecular weight is 317 g/mol. The second-order valence-corrected chi connectivity index (χ2v) is 5.96. The summed E-state index contributed by atoms with van der Waals surface area (Å²) in [5.41, 5.74) is 0.372. The van der Waals surface area contributed by atoms with E-state index in [0.29, 0.717) is 11.5 Å². The molecule has 17 heavy (non-hydrogen) atoms. The molecule has 1 aromatic carbocycles. The highest BCUT2D eigenvalue weighted by molar-refractivity contribution is 9.10. The zero-order valence-corrected chi connectivity index (χ0v) is 11.6. The molecule has 1 aliphatic heterocycles. The van der Waals surface area contributed by atoms with Gasteiger partial charge in [0.15, 0.2) is 0 Å². The smallest absolute Gasteiger partial charge is 0.336 e. The second kappa shape index (κ2) is 5.89. The molecule has 0 bridgehead atoms. The Bertz CT molecular complexity index is 416. The lowest BCUT2D eigenvalue weighted by Gasteiger charge is -2.09. The molecular formula is C12H13BrO3S. The van der Waals surface area contributed by atoms with Gasteiger partial charge in [-0.1, -0.05) is 15.9 Å². The molecule has 1 unspecified atom stereocenters. The molecule has 1 saturated heterocycles. The maximum atomic E-state index is 11.1. The van der Waals surface area contributed by atoms with Crippen molar-refractivity contribution >= 4 is 33.7 Å². The Morgan fingerprint density at radius 2 is 2.41 bits per heavy atom. The van der Waals surface area contributed by atoms with Crippen LogP contribution in [0, 0.1) is 5.92 Å². The zero-order chi connectivity index (χ0) is 12.3. The van der Waals surface area contributed by atoms with Gasteiger partial charge in [0.2, 0.25) is 0 Å². The number of carboxylic acids is 1. The van der Waals surface area contributed by atoms with Crippen LogP contribution in [0.4, 0.5) is 0 Å². The molecule has 1 fully saturated rings. The van der Waals surface area contributed by atoms with Gasteiger partial charge in [-0.25, -0.2) is 4.79 Å². The second-order valence-electron chi connectivity index (χ2n) is 3.99. The highest BCUT2D eigenvalue weighted by Gasteiger charge is 2.18. The first kappa shape index (κ1) is 12.9. The third kappa shape index (κ3) is 3.47. The summed E-state index contributed by atoms with van der Waals surface area (Å²) < 4.78 is 6.22. The molecule has 5 heteroatoms. The lowest BCUT2D eigenvalue weighted by Crippen LogP contribution is -2.04. The van der Waals surface area contributed by atoms with Crippen molar-refractivity contribution in [2.45, 2.75) is 11.3 Å². The van der Waals surface area contributed by atoms with Gasteiger partial charge in [-0.05, 0) is 30.5 Å². The highest BCUT2D eigenvalue weighted by atomic mass is 79.9. The van der Waals surface area contributed by atoms with Gasteiger partial charge in [-0.15, -0.1) is 11.8 Å². The normalized spacial score (nSPS) is 19.5. The standard InChI is InChI=1S/C12H13BrO3S/c13-9-1-2-10(12(14)15)11(5-9)17-7-8-3-4-16-6-8/h1-2,5,8H,3-4,6-7H2,(H,14,15). The van der Waals surface area contributed by atoms with Crippen LogP contribution in [-0.4, -0.2) is 30.0 Å². The fraction of sp³-hybridized carbons (Fsp3) is 0.417. The van der Waals surface area contributed by atoms with Crippen LogP contribution in [-0.2, 0) is 4.74 Å². The maximum absolute atomic E-state index is 11.1. The molecule has 0 amide bonds. The number of carbonyl (C=O) groups is 1. The van der Waals surface area contributed by atoms with Crippen molar-refractivity contribution in [2.24, 2.45) is 5.92 Å². The summed E-state index contributed by atoms with van der Waals surface area (Å²) in [5.74, 6) is 0.583. The zero-order valence-electron chi connectivity index (χ0n) is 9.19. The Labute approximate surface area is 113 Å². The van der Waals surface area contributed by atoms with Crippen LogP contribution in [0.3, 0.4) is 0 Å². The molecule has 92 valence electrons. The van der Waals surface area contributed by atoms with Gasteiger partial charge in [0, 0.05) is 21.7 Å². The minimum atomic E-state index is -0.873. The van der Waals surface area contributed by atoms with Gasteiger partial charge >= 0.3 is 5.97 Å². The number of carboxylic acid groups (broad SMARTS) is 1. The summed E-state index contributed by atoms with van der Waals surface area (Å²) in [6.07, 6.45) is 1.07. The van der Waals surface area contributed by atoms with Crippen molar-refractivity contribution in [1.29, 1.82) is 0 Å². The lowest BCUT2D eigenvalue weighted by atomic mass is 10.2. The number of aromatic carboxylic acids is 1. The quantitative estimate of drug-likeness (QED) is 0.866. The minimum Gasteiger partial charge on any atom is -0.478 e. The van der Waals surface area contributed by atoms with E-state index in [0.717, 1.165) is 34.8 Å². The third-order valence-electron chi connectivity index (χ3n) is 2.67. The Morgan fingerprint density at radius 1 is 1.59 bits per heavy atom. The first-order chi connectivity index (χ1) is 8.16. The Balaban J connectivity index is 2.07. The van der Waals surface area contributed by atoms with E-state index in [1.807, 2.05) is 6.07 Å². The number of hydrogen-bond acceptors (Lipinski definition) is 3. The van der Waals surface area contributed by atoms with Gasteiger partial charge in [0.1, 0.15) is 0 Å². The van der Waals surface area contributed by atoms with Gasteiger partial charge in [-0.3, -0.25) is 0 Å². The van der Waals surface area contributed by atoms with Crippen molar-refractivity contribution in [2.75, 3.05) is 19.0 Å². The molecule has 1 aliphatic rings. The number of hydrogen-bond donors (Lipinski definition) is 1. The van der Waals surface area contributed by atoms with Crippen LogP contribution in [0.1, 0.15) is 16.8 Å². The lowest BCUT2D eigenvalue weighted by molar-refractivity contribution is 0.0693. The molecule has 0 aliphatic carbocycles. The van der Waals surface area contributed by atoms with Gasteiger partial charge < -0.3 is 9.84 Å². The van der Waals surface area contributed by atoms with Crippen molar-refractivity contribution in [3.8, 4) is 0 Å². The Morgan fingerprint density at radius 3 is 3.06 bits per heavy atom. The number of rotatable bonds is 4. The topological polar surface area (TPSA) is 46.5 Å². The van der Waals surface area contributed by atoms with Gasteiger partial charge in [-0.2, -0.15) is 0 Å².